The first-order valence-corrected chi connectivity index (χ1v) is 8.19. The molecule has 0 aliphatic rings. The third-order valence-corrected chi connectivity index (χ3v) is 5.05. The smallest absolute Gasteiger partial charge is 0.234 e. The lowest BCUT2D eigenvalue weighted by Gasteiger charge is -2.11. The molecule has 2 aromatic rings. The van der Waals surface area contributed by atoms with Gasteiger partial charge in [0.15, 0.2) is 0 Å². The molecular formula is C16H15BrFNOS. The molecule has 2 nitrogen and oxygen atoms in total. The van der Waals surface area contributed by atoms with Crippen LogP contribution < -0.4 is 5.32 Å². The summed E-state index contributed by atoms with van der Waals surface area (Å²) < 4.78 is 13.8. The van der Waals surface area contributed by atoms with E-state index in [1.54, 1.807) is 12.1 Å². The topological polar surface area (TPSA) is 29.1 Å². The molecule has 110 valence electrons. The number of rotatable bonds is 4. The Bertz CT molecular complexity index is 658. The molecule has 0 saturated carbocycles. The first-order valence-electron chi connectivity index (χ1n) is 6.41. The molecule has 2 aromatic carbocycles. The van der Waals surface area contributed by atoms with Gasteiger partial charge in [0, 0.05) is 15.1 Å². The number of amides is 1. The second kappa shape index (κ2) is 7.09. The average Bonchev–Trinajstić information content (AvgIpc) is 2.47. The van der Waals surface area contributed by atoms with Gasteiger partial charge >= 0.3 is 0 Å². The summed E-state index contributed by atoms with van der Waals surface area (Å²) in [6.07, 6.45) is 0. The molecule has 0 fully saturated rings. The van der Waals surface area contributed by atoms with E-state index < -0.39 is 0 Å². The number of hydrogen-bond acceptors (Lipinski definition) is 2. The summed E-state index contributed by atoms with van der Waals surface area (Å²) >= 11 is 4.85. The van der Waals surface area contributed by atoms with Gasteiger partial charge in [0.05, 0.1) is 5.75 Å². The van der Waals surface area contributed by atoms with Crippen LogP contribution in [0.25, 0.3) is 0 Å². The van der Waals surface area contributed by atoms with E-state index in [1.807, 2.05) is 26.0 Å². The molecule has 2 rings (SSSR count). The molecule has 5 heteroatoms. The van der Waals surface area contributed by atoms with Crippen LogP contribution in [0, 0.1) is 19.7 Å². The van der Waals surface area contributed by atoms with Gasteiger partial charge in [-0.2, -0.15) is 0 Å². The highest BCUT2D eigenvalue weighted by molar-refractivity contribution is 9.10. The van der Waals surface area contributed by atoms with E-state index in [2.05, 4.69) is 21.2 Å². The van der Waals surface area contributed by atoms with Crippen molar-refractivity contribution < 1.29 is 9.18 Å². The molecule has 0 radical (unpaired) electrons. The largest absolute Gasteiger partial charge is 0.325 e. The maximum absolute atomic E-state index is 12.8. The Labute approximate surface area is 136 Å². The van der Waals surface area contributed by atoms with Gasteiger partial charge in [0.1, 0.15) is 5.82 Å². The Morgan fingerprint density at radius 1 is 1.14 bits per heavy atom. The highest BCUT2D eigenvalue weighted by atomic mass is 79.9. The number of hydrogen-bond donors (Lipinski definition) is 1. The van der Waals surface area contributed by atoms with Crippen LogP contribution in [0.2, 0.25) is 0 Å². The van der Waals surface area contributed by atoms with Crippen molar-refractivity contribution in [3.8, 4) is 0 Å². The lowest BCUT2D eigenvalue weighted by Crippen LogP contribution is -2.15. The lowest BCUT2D eigenvalue weighted by molar-refractivity contribution is -0.113. The van der Waals surface area contributed by atoms with Crippen molar-refractivity contribution in [3.63, 3.8) is 0 Å². The molecular weight excluding hydrogens is 353 g/mol. The Balaban J connectivity index is 1.96. The zero-order chi connectivity index (χ0) is 15.4. The minimum absolute atomic E-state index is 0.0749. The van der Waals surface area contributed by atoms with Crippen LogP contribution in [-0.2, 0) is 4.79 Å². The molecule has 0 aliphatic heterocycles. The molecule has 1 N–H and O–H groups in total. The number of anilines is 1. The summed E-state index contributed by atoms with van der Waals surface area (Å²) in [7, 11) is 0. The van der Waals surface area contributed by atoms with Crippen molar-refractivity contribution in [1.29, 1.82) is 0 Å². The van der Waals surface area contributed by atoms with Crippen molar-refractivity contribution in [2.45, 2.75) is 18.7 Å². The Morgan fingerprint density at radius 2 is 1.81 bits per heavy atom. The highest BCUT2D eigenvalue weighted by Gasteiger charge is 2.08. The summed E-state index contributed by atoms with van der Waals surface area (Å²) in [5, 5.41) is 2.91. The van der Waals surface area contributed by atoms with E-state index in [9.17, 15) is 9.18 Å². The van der Waals surface area contributed by atoms with Gasteiger partial charge in [-0.1, -0.05) is 15.9 Å². The van der Waals surface area contributed by atoms with Gasteiger partial charge in [-0.05, 0) is 61.4 Å². The third kappa shape index (κ3) is 4.32. The summed E-state index contributed by atoms with van der Waals surface area (Å²) in [5.74, 6) is -0.0564. The summed E-state index contributed by atoms with van der Waals surface area (Å²) in [4.78, 5) is 12.9. The maximum atomic E-state index is 12.8. The normalized spacial score (nSPS) is 10.5. The zero-order valence-corrected chi connectivity index (χ0v) is 14.1. The van der Waals surface area contributed by atoms with Gasteiger partial charge < -0.3 is 5.32 Å². The number of carbonyl (C=O) groups excluding carboxylic acids is 1. The van der Waals surface area contributed by atoms with Crippen LogP contribution in [-0.4, -0.2) is 11.7 Å². The van der Waals surface area contributed by atoms with Gasteiger partial charge in [0.2, 0.25) is 5.91 Å². The average molecular weight is 368 g/mol. The van der Waals surface area contributed by atoms with Gasteiger partial charge in [-0.15, -0.1) is 11.8 Å². The summed E-state index contributed by atoms with van der Waals surface area (Å²) in [6.45, 7) is 3.98. The molecule has 1 amide bonds. The van der Waals surface area contributed by atoms with E-state index in [0.717, 1.165) is 26.2 Å². The van der Waals surface area contributed by atoms with E-state index >= 15 is 0 Å². The van der Waals surface area contributed by atoms with Crippen molar-refractivity contribution in [2.24, 2.45) is 0 Å². The number of halogens is 2. The summed E-state index contributed by atoms with van der Waals surface area (Å²) in [6, 6.07) is 9.92. The molecule has 0 aliphatic carbocycles. The van der Waals surface area contributed by atoms with Crippen molar-refractivity contribution in [3.05, 3.63) is 57.8 Å². The first kappa shape index (κ1) is 16.0. The third-order valence-electron chi connectivity index (χ3n) is 3.18. The van der Waals surface area contributed by atoms with Crippen LogP contribution in [0.5, 0.6) is 0 Å². The monoisotopic (exact) mass is 367 g/mol. The Morgan fingerprint density at radius 3 is 2.48 bits per heavy atom. The predicted octanol–water partition coefficient (Wildman–Crippen LogP) is 4.94. The SMILES string of the molecule is Cc1c(Br)ccc(NC(=O)CSc2ccc(F)cc2)c1C. The van der Waals surface area contributed by atoms with Crippen molar-refractivity contribution in [1.82, 2.24) is 0 Å². The van der Waals surface area contributed by atoms with Crippen LogP contribution in [0.15, 0.2) is 45.8 Å². The summed E-state index contributed by atoms with van der Waals surface area (Å²) in [5.41, 5.74) is 2.98. The molecule has 21 heavy (non-hydrogen) atoms. The quantitative estimate of drug-likeness (QED) is 0.775. The van der Waals surface area contributed by atoms with Crippen LogP contribution in [0.3, 0.4) is 0 Å². The lowest BCUT2D eigenvalue weighted by atomic mass is 10.1. The predicted molar refractivity (Wildman–Crippen MR) is 89.4 cm³/mol. The number of benzene rings is 2. The molecule has 0 spiro atoms. The second-order valence-electron chi connectivity index (χ2n) is 4.64. The van der Waals surface area contributed by atoms with E-state index in [-0.39, 0.29) is 11.7 Å². The van der Waals surface area contributed by atoms with E-state index in [0.29, 0.717) is 5.75 Å². The van der Waals surface area contributed by atoms with Gasteiger partial charge in [0.25, 0.3) is 0 Å². The molecule has 0 unspecified atom stereocenters. The first-order chi connectivity index (χ1) is 9.97. The Kier molecular flexibility index (Phi) is 5.42. The second-order valence-corrected chi connectivity index (χ2v) is 6.54. The van der Waals surface area contributed by atoms with Gasteiger partial charge in [-0.25, -0.2) is 4.39 Å². The zero-order valence-electron chi connectivity index (χ0n) is 11.7. The highest BCUT2D eigenvalue weighted by Crippen LogP contribution is 2.26. The van der Waals surface area contributed by atoms with Crippen molar-refractivity contribution in [2.75, 3.05) is 11.1 Å². The fraction of sp³-hybridized carbons (Fsp3) is 0.188. The maximum Gasteiger partial charge on any atom is 0.234 e. The fourth-order valence-electron chi connectivity index (χ4n) is 1.79. The molecule has 0 saturated heterocycles. The Hall–Kier alpha value is -1.33. The van der Waals surface area contributed by atoms with E-state index in [1.165, 1.54) is 23.9 Å². The van der Waals surface area contributed by atoms with Crippen molar-refractivity contribution >= 4 is 39.3 Å². The van der Waals surface area contributed by atoms with Crippen LogP contribution in [0.1, 0.15) is 11.1 Å². The minimum atomic E-state index is -0.273. The molecule has 0 aromatic heterocycles. The molecule has 0 atom stereocenters. The number of thioether (sulfide) groups is 1. The van der Waals surface area contributed by atoms with Crippen LogP contribution in [0.4, 0.5) is 10.1 Å². The van der Waals surface area contributed by atoms with E-state index in [4.69, 9.17) is 0 Å². The van der Waals surface area contributed by atoms with Crippen LogP contribution >= 0.6 is 27.7 Å². The molecule has 0 heterocycles. The number of nitrogens with one attached hydrogen (secondary N) is 1. The minimum Gasteiger partial charge on any atom is -0.325 e. The standard InChI is InChI=1S/C16H15BrFNOS/c1-10-11(2)15(8-7-14(10)17)19-16(20)9-21-13-5-3-12(18)4-6-13/h3-8H,9H2,1-2H3,(H,19,20). The number of carbonyl (C=O) groups is 1. The molecule has 0 bridgehead atoms. The van der Waals surface area contributed by atoms with Gasteiger partial charge in [-0.3, -0.25) is 4.79 Å². The fourth-order valence-corrected chi connectivity index (χ4v) is 2.92.